The van der Waals surface area contributed by atoms with Crippen LogP contribution in [-0.4, -0.2) is 44.1 Å². The Bertz CT molecular complexity index is 1500. The Morgan fingerprint density at radius 3 is 2.26 bits per heavy atom. The number of methoxy groups -OCH3 is 1. The third kappa shape index (κ3) is 4.57. The van der Waals surface area contributed by atoms with Crippen LogP contribution in [0.5, 0.6) is 5.75 Å². The van der Waals surface area contributed by atoms with E-state index in [1.165, 1.54) is 0 Å². The first-order valence-electron chi connectivity index (χ1n) is 12.8. The number of hydrogen-bond acceptors (Lipinski definition) is 4. The summed E-state index contributed by atoms with van der Waals surface area (Å²) in [5.74, 6) is -0.0604. The van der Waals surface area contributed by atoms with Crippen molar-refractivity contribution in [1.82, 2.24) is 4.90 Å². The first kappa shape index (κ1) is 25.6. The maximum atomic E-state index is 14.3. The number of carbonyl (C=O) groups is 1. The van der Waals surface area contributed by atoms with Crippen LogP contribution in [0.15, 0.2) is 91.0 Å². The van der Waals surface area contributed by atoms with Crippen molar-refractivity contribution in [2.75, 3.05) is 38.2 Å². The summed E-state index contributed by atoms with van der Waals surface area (Å²) in [5, 5.41) is 13.5. The number of ether oxygens (including phenoxy) is 1. The van der Waals surface area contributed by atoms with E-state index in [1.54, 1.807) is 14.0 Å². The van der Waals surface area contributed by atoms with Gasteiger partial charge < -0.3 is 14.5 Å². The molecule has 1 fully saturated rings. The lowest BCUT2D eigenvalue weighted by Gasteiger charge is -2.41. The van der Waals surface area contributed by atoms with Gasteiger partial charge >= 0.3 is 0 Å². The molecule has 5 nitrogen and oxygen atoms in total. The standard InChI is InChI=1S/C32H30ClN3O2/c1-32(22-34,31(37)36-20-18-35(19-21-36)28-16-7-6-15-27(28)33)30(26-13-5-8-17-29(26)38-2)25-14-9-11-23-10-3-4-12-24(23)25/h3-17,30H,18-21H2,1-2H3/t30-,32+/m0/s1. The van der Waals surface area contributed by atoms with Crippen LogP contribution in [0.1, 0.15) is 24.0 Å². The molecule has 2 atom stereocenters. The van der Waals surface area contributed by atoms with Crippen LogP contribution in [0.25, 0.3) is 10.8 Å². The van der Waals surface area contributed by atoms with Crippen molar-refractivity contribution < 1.29 is 9.53 Å². The van der Waals surface area contributed by atoms with Crippen molar-refractivity contribution in [3.63, 3.8) is 0 Å². The number of nitrogens with zero attached hydrogens (tertiary/aromatic N) is 3. The third-order valence-corrected chi connectivity index (χ3v) is 7.92. The number of carbonyl (C=O) groups excluding carboxylic acids is 1. The van der Waals surface area contributed by atoms with Crippen LogP contribution >= 0.6 is 11.6 Å². The van der Waals surface area contributed by atoms with Crippen molar-refractivity contribution in [1.29, 1.82) is 5.26 Å². The second-order valence-electron chi connectivity index (χ2n) is 9.79. The highest BCUT2D eigenvalue weighted by Gasteiger charge is 2.47. The van der Waals surface area contributed by atoms with E-state index in [0.29, 0.717) is 37.0 Å². The summed E-state index contributed by atoms with van der Waals surface area (Å²) in [6.45, 7) is 4.08. The third-order valence-electron chi connectivity index (χ3n) is 7.60. The molecule has 5 rings (SSSR count). The smallest absolute Gasteiger partial charge is 0.243 e. The van der Waals surface area contributed by atoms with Gasteiger partial charge in [0.15, 0.2) is 0 Å². The highest BCUT2D eigenvalue weighted by Crippen LogP contribution is 2.47. The quantitative estimate of drug-likeness (QED) is 0.289. The molecule has 0 spiro atoms. The number of nitriles is 1. The van der Waals surface area contributed by atoms with E-state index in [4.69, 9.17) is 16.3 Å². The van der Waals surface area contributed by atoms with Crippen LogP contribution < -0.4 is 9.64 Å². The van der Waals surface area contributed by atoms with Gasteiger partial charge in [-0.05, 0) is 41.5 Å². The number of piperazine rings is 1. The Morgan fingerprint density at radius 1 is 0.895 bits per heavy atom. The van der Waals surface area contributed by atoms with E-state index in [0.717, 1.165) is 27.6 Å². The van der Waals surface area contributed by atoms with Crippen molar-refractivity contribution in [3.8, 4) is 11.8 Å². The average Bonchev–Trinajstić information content (AvgIpc) is 2.97. The van der Waals surface area contributed by atoms with Gasteiger partial charge in [0.25, 0.3) is 0 Å². The zero-order chi connectivity index (χ0) is 26.7. The molecule has 6 heteroatoms. The number of fused-ring (bicyclic) bond motifs is 1. The molecule has 1 aliphatic heterocycles. The van der Waals surface area contributed by atoms with Crippen LogP contribution in [0.4, 0.5) is 5.69 Å². The molecule has 0 radical (unpaired) electrons. The largest absolute Gasteiger partial charge is 0.496 e. The van der Waals surface area contributed by atoms with Crippen molar-refractivity contribution in [2.45, 2.75) is 12.8 Å². The summed E-state index contributed by atoms with van der Waals surface area (Å²) in [5.41, 5.74) is 1.34. The molecule has 0 saturated carbocycles. The van der Waals surface area contributed by atoms with Crippen LogP contribution in [-0.2, 0) is 4.79 Å². The predicted molar refractivity (Wildman–Crippen MR) is 153 cm³/mol. The van der Waals surface area contributed by atoms with Gasteiger partial charge in [0.1, 0.15) is 11.2 Å². The molecule has 0 bridgehead atoms. The van der Waals surface area contributed by atoms with E-state index in [9.17, 15) is 10.1 Å². The number of anilines is 1. The van der Waals surface area contributed by atoms with Crippen LogP contribution in [0, 0.1) is 16.7 Å². The molecule has 0 aromatic heterocycles. The van der Waals surface area contributed by atoms with E-state index >= 15 is 0 Å². The fourth-order valence-corrected chi connectivity index (χ4v) is 5.87. The molecule has 4 aromatic carbocycles. The number of para-hydroxylation sites is 2. The first-order chi connectivity index (χ1) is 18.5. The van der Waals surface area contributed by atoms with Gasteiger partial charge in [-0.2, -0.15) is 5.26 Å². The van der Waals surface area contributed by atoms with E-state index in [2.05, 4.69) is 29.2 Å². The summed E-state index contributed by atoms with van der Waals surface area (Å²) < 4.78 is 5.75. The fourth-order valence-electron chi connectivity index (χ4n) is 5.62. The lowest BCUT2D eigenvalue weighted by molar-refractivity contribution is -0.139. The van der Waals surface area contributed by atoms with E-state index in [1.807, 2.05) is 77.7 Å². The summed E-state index contributed by atoms with van der Waals surface area (Å²) in [6.07, 6.45) is 0. The number of rotatable bonds is 6. The maximum absolute atomic E-state index is 14.3. The molecule has 4 aromatic rings. The lowest BCUT2D eigenvalue weighted by Crippen LogP contribution is -2.53. The average molecular weight is 524 g/mol. The number of halogens is 1. The number of benzene rings is 4. The van der Waals surface area contributed by atoms with Gasteiger partial charge in [-0.15, -0.1) is 0 Å². The highest BCUT2D eigenvalue weighted by atomic mass is 35.5. The second-order valence-corrected chi connectivity index (χ2v) is 10.2. The Kier molecular flexibility index (Phi) is 7.26. The zero-order valence-electron chi connectivity index (χ0n) is 21.6. The monoisotopic (exact) mass is 523 g/mol. The van der Waals surface area contributed by atoms with Gasteiger partial charge in [0.05, 0.1) is 23.9 Å². The second kappa shape index (κ2) is 10.8. The van der Waals surface area contributed by atoms with Gasteiger partial charge in [-0.1, -0.05) is 84.4 Å². The number of amides is 1. The molecule has 1 amide bonds. The Balaban J connectivity index is 1.55. The summed E-state index contributed by atoms with van der Waals surface area (Å²) >= 11 is 6.43. The molecule has 0 unspecified atom stereocenters. The Hall–Kier alpha value is -4.01. The lowest BCUT2D eigenvalue weighted by atomic mass is 9.68. The van der Waals surface area contributed by atoms with Gasteiger partial charge in [0.2, 0.25) is 5.91 Å². The summed E-state index contributed by atoms with van der Waals surface area (Å²) in [4.78, 5) is 18.3. The molecule has 0 N–H and O–H groups in total. The molecule has 1 aliphatic rings. The zero-order valence-corrected chi connectivity index (χ0v) is 22.4. The summed E-state index contributed by atoms with van der Waals surface area (Å²) in [6, 6.07) is 32.1. The molecule has 1 heterocycles. The van der Waals surface area contributed by atoms with Gasteiger partial charge in [0, 0.05) is 37.7 Å². The Morgan fingerprint density at radius 2 is 1.53 bits per heavy atom. The maximum Gasteiger partial charge on any atom is 0.243 e. The first-order valence-corrected chi connectivity index (χ1v) is 13.2. The fraction of sp³-hybridized carbons (Fsp3) is 0.250. The summed E-state index contributed by atoms with van der Waals surface area (Å²) in [7, 11) is 1.62. The van der Waals surface area contributed by atoms with Crippen LogP contribution in [0.2, 0.25) is 5.02 Å². The Labute approximate surface area is 228 Å². The van der Waals surface area contributed by atoms with Crippen molar-refractivity contribution in [2.24, 2.45) is 5.41 Å². The minimum atomic E-state index is -1.37. The molecular formula is C32H30ClN3O2. The molecule has 1 saturated heterocycles. The van der Waals surface area contributed by atoms with E-state index < -0.39 is 11.3 Å². The predicted octanol–water partition coefficient (Wildman–Crippen LogP) is 6.51. The topological polar surface area (TPSA) is 56.6 Å². The number of hydrogen-bond donors (Lipinski definition) is 0. The minimum absolute atomic E-state index is 0.178. The normalized spacial score (nSPS) is 15.9. The SMILES string of the molecule is COc1ccccc1[C@H](c1cccc2ccccc12)[C@@](C)(C#N)C(=O)N1CCN(c2ccccc2Cl)CC1. The molecule has 192 valence electrons. The minimum Gasteiger partial charge on any atom is -0.496 e. The molecule has 38 heavy (non-hydrogen) atoms. The molecule has 0 aliphatic carbocycles. The van der Waals surface area contributed by atoms with Gasteiger partial charge in [-0.25, -0.2) is 0 Å². The molecular weight excluding hydrogens is 494 g/mol. The van der Waals surface area contributed by atoms with E-state index in [-0.39, 0.29) is 5.91 Å². The van der Waals surface area contributed by atoms with Crippen molar-refractivity contribution >= 4 is 34.0 Å². The van der Waals surface area contributed by atoms with Crippen molar-refractivity contribution in [3.05, 3.63) is 107 Å². The highest BCUT2D eigenvalue weighted by molar-refractivity contribution is 6.33. The van der Waals surface area contributed by atoms with Gasteiger partial charge in [-0.3, -0.25) is 4.79 Å². The van der Waals surface area contributed by atoms with Crippen LogP contribution in [0.3, 0.4) is 0 Å².